The van der Waals surface area contributed by atoms with Crippen molar-refractivity contribution in [3.8, 4) is 0 Å². The molecule has 0 amide bonds. The molecule has 0 bridgehead atoms. The van der Waals surface area contributed by atoms with E-state index in [2.05, 4.69) is 0 Å². The average Bonchev–Trinajstić information content (AvgIpc) is 2.91. The lowest BCUT2D eigenvalue weighted by molar-refractivity contribution is 0.0744. The van der Waals surface area contributed by atoms with Crippen molar-refractivity contribution in [3.63, 3.8) is 0 Å². The molecule has 2 aliphatic rings. The highest BCUT2D eigenvalue weighted by molar-refractivity contribution is 8.24. The van der Waals surface area contributed by atoms with Gasteiger partial charge in [0, 0.05) is 12.1 Å². The number of thiocarbonyl (C=S) groups is 1. The Morgan fingerprint density at radius 1 is 1.21 bits per heavy atom. The van der Waals surface area contributed by atoms with Gasteiger partial charge in [-0.3, -0.25) is 0 Å². The first-order valence-electron chi connectivity index (χ1n) is 8.59. The molecule has 0 radical (unpaired) electrons. The molecule has 134 valence electrons. The lowest BCUT2D eigenvalue weighted by Gasteiger charge is -2.33. The number of aromatic nitrogens is 2. The number of nitrogens with zero attached hydrogens (tertiary/aromatic N) is 3. The molecule has 2 heterocycles. The molecule has 3 rings (SSSR count). The zero-order chi connectivity index (χ0) is 17.6. The molecule has 8 heteroatoms. The Labute approximate surface area is 151 Å². The standard InChI is InChI=1S/C16H25N3O3S2/c1-10(2)17-12(16(3,4)24-15(17)23)19-13(20)18(14(21)22-19)11-8-6-5-7-9-11/h10-12H,5-9H2,1-4H3/t12-/m0/s1. The summed E-state index contributed by atoms with van der Waals surface area (Å²) in [4.78, 5) is 27.4. The second-order valence-electron chi connectivity index (χ2n) is 7.47. The number of hydrogen-bond donors (Lipinski definition) is 0. The van der Waals surface area contributed by atoms with Crippen LogP contribution in [0.5, 0.6) is 0 Å². The molecule has 1 saturated carbocycles. The molecule has 24 heavy (non-hydrogen) atoms. The van der Waals surface area contributed by atoms with Crippen molar-refractivity contribution < 1.29 is 4.52 Å². The van der Waals surface area contributed by atoms with Crippen LogP contribution in [-0.2, 0) is 0 Å². The molecule has 0 spiro atoms. The largest absolute Gasteiger partial charge is 0.443 e. The van der Waals surface area contributed by atoms with Crippen LogP contribution in [0.1, 0.15) is 72.0 Å². The summed E-state index contributed by atoms with van der Waals surface area (Å²) in [5.74, 6) is -0.547. The van der Waals surface area contributed by atoms with Gasteiger partial charge in [0.2, 0.25) is 0 Å². The molecule has 0 N–H and O–H groups in total. The second kappa shape index (κ2) is 6.37. The molecule has 1 aromatic heterocycles. The third kappa shape index (κ3) is 2.87. The summed E-state index contributed by atoms with van der Waals surface area (Å²) in [5, 5.41) is 0. The van der Waals surface area contributed by atoms with Crippen molar-refractivity contribution in [3.05, 3.63) is 21.0 Å². The van der Waals surface area contributed by atoms with Gasteiger partial charge in [-0.05, 0) is 40.5 Å². The fraction of sp³-hybridized carbons (Fsp3) is 0.812. The first kappa shape index (κ1) is 17.8. The maximum atomic E-state index is 13.0. The van der Waals surface area contributed by atoms with Crippen molar-refractivity contribution in [2.24, 2.45) is 0 Å². The average molecular weight is 372 g/mol. The van der Waals surface area contributed by atoms with Gasteiger partial charge in [0.25, 0.3) is 0 Å². The summed E-state index contributed by atoms with van der Waals surface area (Å²) in [6.07, 6.45) is 4.61. The quantitative estimate of drug-likeness (QED) is 0.761. The molecule has 0 unspecified atom stereocenters. The van der Waals surface area contributed by atoms with Crippen LogP contribution >= 0.6 is 24.0 Å². The summed E-state index contributed by atoms with van der Waals surface area (Å²) in [6.45, 7) is 8.12. The molecule has 6 nitrogen and oxygen atoms in total. The Hall–Kier alpha value is -1.02. The summed E-state index contributed by atoms with van der Waals surface area (Å²) < 4.78 is 8.41. The van der Waals surface area contributed by atoms with Gasteiger partial charge < -0.3 is 9.42 Å². The summed E-state index contributed by atoms with van der Waals surface area (Å²) in [7, 11) is 0. The molecule has 1 saturated heterocycles. The van der Waals surface area contributed by atoms with E-state index in [0.29, 0.717) is 0 Å². The third-order valence-electron chi connectivity index (χ3n) is 4.93. The maximum absolute atomic E-state index is 13.0. The molecule has 1 aliphatic heterocycles. The maximum Gasteiger partial charge on any atom is 0.443 e. The highest BCUT2D eigenvalue weighted by Crippen LogP contribution is 2.47. The minimum atomic E-state index is -0.547. The van der Waals surface area contributed by atoms with Gasteiger partial charge in [0.1, 0.15) is 4.32 Å². The van der Waals surface area contributed by atoms with E-state index in [0.717, 1.165) is 30.0 Å². The van der Waals surface area contributed by atoms with Crippen LogP contribution < -0.4 is 11.4 Å². The Morgan fingerprint density at radius 3 is 2.42 bits per heavy atom. The van der Waals surface area contributed by atoms with E-state index in [-0.39, 0.29) is 28.7 Å². The minimum absolute atomic E-state index is 0.0413. The Kier molecular flexibility index (Phi) is 4.72. The van der Waals surface area contributed by atoms with E-state index in [9.17, 15) is 9.59 Å². The lowest BCUT2D eigenvalue weighted by Crippen LogP contribution is -2.45. The predicted octanol–water partition coefficient (Wildman–Crippen LogP) is 3.13. The van der Waals surface area contributed by atoms with E-state index in [1.165, 1.54) is 15.7 Å². The highest BCUT2D eigenvalue weighted by atomic mass is 32.2. The van der Waals surface area contributed by atoms with Gasteiger partial charge in [0.15, 0.2) is 6.17 Å². The first-order chi connectivity index (χ1) is 11.2. The van der Waals surface area contributed by atoms with Gasteiger partial charge in [0.05, 0.1) is 4.75 Å². The fourth-order valence-electron chi connectivity index (χ4n) is 3.80. The van der Waals surface area contributed by atoms with Gasteiger partial charge in [-0.1, -0.05) is 43.2 Å². The van der Waals surface area contributed by atoms with Gasteiger partial charge in [-0.15, -0.1) is 4.74 Å². The SMILES string of the molecule is CC(C)N1C(=S)SC(C)(C)[C@@H]1n1oc(=O)n(C2CCCCC2)c1=O. The van der Waals surface area contributed by atoms with Crippen LogP contribution in [0.4, 0.5) is 0 Å². The number of rotatable bonds is 3. The van der Waals surface area contributed by atoms with Crippen LogP contribution in [0.3, 0.4) is 0 Å². The summed E-state index contributed by atoms with van der Waals surface area (Å²) >= 11 is 7.05. The minimum Gasteiger partial charge on any atom is -0.330 e. The van der Waals surface area contributed by atoms with Crippen molar-refractivity contribution in [1.82, 2.24) is 14.2 Å². The van der Waals surface area contributed by atoms with Gasteiger partial charge in [-0.25, -0.2) is 14.2 Å². The molecular weight excluding hydrogens is 346 g/mol. The Morgan fingerprint density at radius 2 is 1.83 bits per heavy atom. The monoisotopic (exact) mass is 371 g/mol. The zero-order valence-electron chi connectivity index (χ0n) is 14.7. The molecule has 1 aromatic rings. The molecular formula is C16H25N3O3S2. The van der Waals surface area contributed by atoms with Crippen LogP contribution in [-0.4, -0.2) is 29.3 Å². The number of thioether (sulfide) groups is 1. The predicted molar refractivity (Wildman–Crippen MR) is 99.6 cm³/mol. The van der Waals surface area contributed by atoms with Crippen molar-refractivity contribution in [1.29, 1.82) is 0 Å². The van der Waals surface area contributed by atoms with E-state index < -0.39 is 5.76 Å². The van der Waals surface area contributed by atoms with Crippen LogP contribution in [0, 0.1) is 0 Å². The molecule has 2 fully saturated rings. The Balaban J connectivity index is 2.07. The molecule has 0 aromatic carbocycles. The fourth-order valence-corrected chi connectivity index (χ4v) is 5.94. The third-order valence-corrected chi connectivity index (χ3v) is 6.52. The smallest absolute Gasteiger partial charge is 0.330 e. The van der Waals surface area contributed by atoms with Gasteiger partial charge >= 0.3 is 11.4 Å². The lowest BCUT2D eigenvalue weighted by atomic mass is 9.95. The van der Waals surface area contributed by atoms with Gasteiger partial charge in [-0.2, -0.15) is 0 Å². The van der Waals surface area contributed by atoms with E-state index in [4.69, 9.17) is 16.7 Å². The highest BCUT2D eigenvalue weighted by Gasteiger charge is 2.49. The van der Waals surface area contributed by atoms with E-state index in [1.54, 1.807) is 11.8 Å². The number of hydrogen-bond acceptors (Lipinski definition) is 5. The van der Waals surface area contributed by atoms with Crippen LogP contribution in [0.2, 0.25) is 0 Å². The Bertz CT molecular complexity index is 740. The van der Waals surface area contributed by atoms with Crippen molar-refractivity contribution in [2.75, 3.05) is 0 Å². The molecule has 1 aliphatic carbocycles. The van der Waals surface area contributed by atoms with Crippen LogP contribution in [0.15, 0.2) is 14.1 Å². The van der Waals surface area contributed by atoms with Crippen molar-refractivity contribution in [2.45, 2.75) is 82.8 Å². The first-order valence-corrected chi connectivity index (χ1v) is 9.82. The van der Waals surface area contributed by atoms with Crippen LogP contribution in [0.25, 0.3) is 0 Å². The topological polar surface area (TPSA) is 60.4 Å². The normalized spacial score (nSPS) is 25.0. The zero-order valence-corrected chi connectivity index (χ0v) is 16.3. The molecule has 1 atom stereocenters. The van der Waals surface area contributed by atoms with E-state index in [1.807, 2.05) is 32.6 Å². The summed E-state index contributed by atoms with van der Waals surface area (Å²) in [5.41, 5.74) is -0.346. The van der Waals surface area contributed by atoms with E-state index >= 15 is 0 Å². The summed E-state index contributed by atoms with van der Waals surface area (Å²) in [6, 6.07) is 0.0763. The van der Waals surface area contributed by atoms with Crippen molar-refractivity contribution >= 4 is 28.3 Å². The second-order valence-corrected chi connectivity index (χ2v) is 9.76.